The number of methoxy groups -OCH3 is 1. The fourth-order valence-corrected chi connectivity index (χ4v) is 2.30. The Hall–Kier alpha value is -1.08. The molecular weight excluding hydrogens is 204 g/mol. The summed E-state index contributed by atoms with van der Waals surface area (Å²) in [4.78, 5) is 13.7. The molecule has 0 aromatic rings. The van der Waals surface area contributed by atoms with E-state index in [0.29, 0.717) is 12.5 Å². The van der Waals surface area contributed by atoms with Crippen LogP contribution in [0.15, 0.2) is 0 Å². The summed E-state index contributed by atoms with van der Waals surface area (Å²) in [6, 6.07) is 2.58. The summed E-state index contributed by atoms with van der Waals surface area (Å²) in [5.41, 5.74) is 0. The molecule has 1 atom stereocenters. The Balaban J connectivity index is 2.42. The van der Waals surface area contributed by atoms with Gasteiger partial charge in [-0.25, -0.2) is 0 Å². The van der Waals surface area contributed by atoms with Gasteiger partial charge in [0.15, 0.2) is 0 Å². The molecule has 0 amide bonds. The van der Waals surface area contributed by atoms with Gasteiger partial charge >= 0.3 is 5.97 Å². The van der Waals surface area contributed by atoms with Crippen molar-refractivity contribution in [3.05, 3.63) is 0 Å². The Morgan fingerprint density at radius 1 is 1.56 bits per heavy atom. The summed E-state index contributed by atoms with van der Waals surface area (Å²) in [7, 11) is 1.44. The second-order valence-electron chi connectivity index (χ2n) is 4.26. The predicted molar refractivity (Wildman–Crippen MR) is 60.6 cm³/mol. The number of rotatable bonds is 4. The number of nitrogens with zero attached hydrogens (tertiary/aromatic N) is 2. The molecule has 0 radical (unpaired) electrons. The van der Waals surface area contributed by atoms with Crippen molar-refractivity contribution >= 4 is 5.97 Å². The van der Waals surface area contributed by atoms with E-state index in [1.165, 1.54) is 7.11 Å². The van der Waals surface area contributed by atoms with Gasteiger partial charge in [-0.1, -0.05) is 6.92 Å². The molecule has 0 saturated carbocycles. The first kappa shape index (κ1) is 13.0. The monoisotopic (exact) mass is 224 g/mol. The second-order valence-corrected chi connectivity index (χ2v) is 4.26. The number of ether oxygens (including phenoxy) is 1. The van der Waals surface area contributed by atoms with Crippen LogP contribution in [0.2, 0.25) is 0 Å². The minimum absolute atomic E-state index is 0.0563. The zero-order chi connectivity index (χ0) is 12.0. The molecule has 0 aliphatic carbocycles. The molecule has 1 rings (SSSR count). The van der Waals surface area contributed by atoms with Crippen LogP contribution in [0.5, 0.6) is 0 Å². The zero-order valence-electron chi connectivity index (χ0n) is 10.1. The van der Waals surface area contributed by atoms with Gasteiger partial charge in [0.2, 0.25) is 0 Å². The van der Waals surface area contributed by atoms with Crippen LogP contribution in [0.4, 0.5) is 0 Å². The van der Waals surface area contributed by atoms with Crippen molar-refractivity contribution in [2.24, 2.45) is 5.92 Å². The number of esters is 1. The van der Waals surface area contributed by atoms with Crippen molar-refractivity contribution in [2.45, 2.75) is 38.6 Å². The number of carbonyl (C=O) groups excluding carboxylic acids is 1. The molecule has 1 aliphatic heterocycles. The van der Waals surface area contributed by atoms with Crippen LogP contribution in [0.25, 0.3) is 0 Å². The first-order valence-corrected chi connectivity index (χ1v) is 5.91. The average Bonchev–Trinajstić information content (AvgIpc) is 2.35. The van der Waals surface area contributed by atoms with E-state index in [1.54, 1.807) is 0 Å². The first-order chi connectivity index (χ1) is 7.72. The van der Waals surface area contributed by atoms with Crippen molar-refractivity contribution in [1.82, 2.24) is 4.90 Å². The molecule has 4 heteroatoms. The molecule has 90 valence electrons. The van der Waals surface area contributed by atoms with E-state index in [2.05, 4.69) is 17.9 Å². The summed E-state index contributed by atoms with van der Waals surface area (Å²) >= 11 is 0. The van der Waals surface area contributed by atoms with Crippen molar-refractivity contribution in [1.29, 1.82) is 5.26 Å². The van der Waals surface area contributed by atoms with Gasteiger partial charge in [0.1, 0.15) is 0 Å². The predicted octanol–water partition coefficient (Wildman–Crippen LogP) is 1.56. The van der Waals surface area contributed by atoms with Gasteiger partial charge in [0, 0.05) is 6.04 Å². The fraction of sp³-hybridized carbons (Fsp3) is 0.833. The zero-order valence-corrected chi connectivity index (χ0v) is 10.1. The van der Waals surface area contributed by atoms with Crippen LogP contribution in [0.3, 0.4) is 0 Å². The molecule has 0 N–H and O–H groups in total. The number of hydrogen-bond acceptors (Lipinski definition) is 4. The van der Waals surface area contributed by atoms with E-state index in [1.807, 2.05) is 0 Å². The van der Waals surface area contributed by atoms with Crippen LogP contribution >= 0.6 is 0 Å². The number of piperidine rings is 1. The largest absolute Gasteiger partial charge is 0.469 e. The molecule has 16 heavy (non-hydrogen) atoms. The third-order valence-corrected chi connectivity index (χ3v) is 3.38. The Kier molecular flexibility index (Phi) is 5.27. The van der Waals surface area contributed by atoms with Crippen molar-refractivity contribution < 1.29 is 9.53 Å². The quantitative estimate of drug-likeness (QED) is 0.680. The van der Waals surface area contributed by atoms with E-state index in [4.69, 9.17) is 10.00 Å². The highest BCUT2D eigenvalue weighted by Crippen LogP contribution is 2.22. The molecule has 1 aliphatic rings. The number of carbonyl (C=O) groups is 1. The molecule has 1 unspecified atom stereocenters. The van der Waals surface area contributed by atoms with Crippen molar-refractivity contribution in [3.63, 3.8) is 0 Å². The van der Waals surface area contributed by atoms with Gasteiger partial charge in [0.25, 0.3) is 0 Å². The lowest BCUT2D eigenvalue weighted by molar-refractivity contribution is -0.147. The molecular formula is C12H20N2O2. The standard InChI is InChI=1S/C12H20N2O2/c1-3-11(4-7-13)14-8-5-10(6-9-14)12(15)16-2/h10-11H,3-6,8-9H2,1-2H3. The Morgan fingerprint density at radius 3 is 2.62 bits per heavy atom. The topological polar surface area (TPSA) is 53.3 Å². The lowest BCUT2D eigenvalue weighted by Gasteiger charge is -2.35. The smallest absolute Gasteiger partial charge is 0.308 e. The summed E-state index contributed by atoms with van der Waals surface area (Å²) in [5, 5.41) is 8.73. The lowest BCUT2D eigenvalue weighted by Crippen LogP contribution is -2.42. The van der Waals surface area contributed by atoms with E-state index >= 15 is 0 Å². The molecule has 0 aromatic carbocycles. The van der Waals surface area contributed by atoms with E-state index < -0.39 is 0 Å². The van der Waals surface area contributed by atoms with E-state index in [-0.39, 0.29) is 11.9 Å². The van der Waals surface area contributed by atoms with Gasteiger partial charge in [-0.05, 0) is 32.4 Å². The van der Waals surface area contributed by atoms with Gasteiger partial charge < -0.3 is 4.74 Å². The molecule has 0 spiro atoms. The second kappa shape index (κ2) is 6.49. The summed E-state index contributed by atoms with van der Waals surface area (Å²) in [5.74, 6) is -0.0335. The van der Waals surface area contributed by atoms with Crippen LogP contribution < -0.4 is 0 Å². The van der Waals surface area contributed by atoms with Crippen molar-refractivity contribution in [3.8, 4) is 6.07 Å². The maximum atomic E-state index is 11.3. The average molecular weight is 224 g/mol. The van der Waals surface area contributed by atoms with Gasteiger partial charge in [0.05, 0.1) is 25.5 Å². The third-order valence-electron chi connectivity index (χ3n) is 3.38. The number of nitriles is 1. The summed E-state index contributed by atoms with van der Waals surface area (Å²) in [6.45, 7) is 3.91. The normalized spacial score (nSPS) is 20.1. The number of likely N-dealkylation sites (tertiary alicyclic amines) is 1. The van der Waals surface area contributed by atoms with E-state index in [0.717, 1.165) is 32.4 Å². The van der Waals surface area contributed by atoms with Gasteiger partial charge in [-0.2, -0.15) is 5.26 Å². The van der Waals surface area contributed by atoms with E-state index in [9.17, 15) is 4.79 Å². The molecule has 4 nitrogen and oxygen atoms in total. The maximum Gasteiger partial charge on any atom is 0.308 e. The lowest BCUT2D eigenvalue weighted by atomic mass is 9.95. The maximum absolute atomic E-state index is 11.3. The summed E-state index contributed by atoms with van der Waals surface area (Å²) in [6.07, 6.45) is 3.29. The van der Waals surface area contributed by atoms with Gasteiger partial charge in [-0.3, -0.25) is 9.69 Å². The number of hydrogen-bond donors (Lipinski definition) is 0. The van der Waals surface area contributed by atoms with Crippen LogP contribution in [-0.2, 0) is 9.53 Å². The Labute approximate surface area is 97.2 Å². The Morgan fingerprint density at radius 2 is 2.19 bits per heavy atom. The minimum atomic E-state index is -0.0898. The minimum Gasteiger partial charge on any atom is -0.469 e. The van der Waals surface area contributed by atoms with Crippen LogP contribution in [-0.4, -0.2) is 37.1 Å². The molecule has 1 heterocycles. The van der Waals surface area contributed by atoms with Crippen LogP contribution in [0.1, 0.15) is 32.6 Å². The fourth-order valence-electron chi connectivity index (χ4n) is 2.30. The molecule has 0 aromatic heterocycles. The summed E-state index contributed by atoms with van der Waals surface area (Å²) < 4.78 is 4.75. The molecule has 1 fully saturated rings. The SMILES string of the molecule is CCC(CC#N)N1CCC(C(=O)OC)CC1. The highest BCUT2D eigenvalue weighted by Gasteiger charge is 2.28. The highest BCUT2D eigenvalue weighted by molar-refractivity contribution is 5.72. The molecule has 0 bridgehead atoms. The highest BCUT2D eigenvalue weighted by atomic mass is 16.5. The first-order valence-electron chi connectivity index (χ1n) is 5.91. The third kappa shape index (κ3) is 3.21. The van der Waals surface area contributed by atoms with Crippen LogP contribution in [0, 0.1) is 17.2 Å². The Bertz CT molecular complexity index is 265. The van der Waals surface area contributed by atoms with Gasteiger partial charge in [-0.15, -0.1) is 0 Å². The van der Waals surface area contributed by atoms with Crippen molar-refractivity contribution in [2.75, 3.05) is 20.2 Å². The molecule has 1 saturated heterocycles.